The summed E-state index contributed by atoms with van der Waals surface area (Å²) >= 11 is 6.58. The highest BCUT2D eigenvalue weighted by atomic mass is 35.5. The highest BCUT2D eigenvalue weighted by Crippen LogP contribution is 2.39. The summed E-state index contributed by atoms with van der Waals surface area (Å²) in [7, 11) is 3.83. The molecule has 1 saturated heterocycles. The molecule has 0 unspecified atom stereocenters. The summed E-state index contributed by atoms with van der Waals surface area (Å²) in [4.78, 5) is 19.4. The normalized spacial score (nSPS) is 14.3. The van der Waals surface area contributed by atoms with Crippen molar-refractivity contribution in [1.29, 1.82) is 10.5 Å². The maximum Gasteiger partial charge on any atom is 0.248 e. The number of rotatable bonds is 11. The fourth-order valence-electron chi connectivity index (χ4n) is 4.74. The van der Waals surface area contributed by atoms with Crippen molar-refractivity contribution in [3.8, 4) is 23.6 Å². The highest BCUT2D eigenvalue weighted by molar-refractivity contribution is 6.32. The van der Waals surface area contributed by atoms with Crippen molar-refractivity contribution in [1.82, 2.24) is 9.88 Å². The molecule has 5 rings (SSSR count). The van der Waals surface area contributed by atoms with Crippen LogP contribution in [-0.4, -0.2) is 55.7 Å². The second kappa shape index (κ2) is 14.6. The molecule has 45 heavy (non-hydrogen) atoms. The van der Waals surface area contributed by atoms with Gasteiger partial charge < -0.3 is 29.7 Å². The number of aromatic nitrogens is 1. The average molecular weight is 623 g/mol. The van der Waals surface area contributed by atoms with Gasteiger partial charge in [0.2, 0.25) is 5.91 Å². The van der Waals surface area contributed by atoms with Gasteiger partial charge in [0.1, 0.15) is 36.0 Å². The van der Waals surface area contributed by atoms with Gasteiger partial charge in [-0.2, -0.15) is 10.5 Å². The van der Waals surface area contributed by atoms with Crippen LogP contribution in [0.3, 0.4) is 0 Å². The minimum Gasteiger partial charge on any atom is -0.487 e. The van der Waals surface area contributed by atoms with Gasteiger partial charge in [0, 0.05) is 36.3 Å². The van der Waals surface area contributed by atoms with Gasteiger partial charge in [-0.1, -0.05) is 29.8 Å². The number of carbonyl (C=O) groups is 1. The van der Waals surface area contributed by atoms with Crippen LogP contribution in [0.5, 0.6) is 11.5 Å². The van der Waals surface area contributed by atoms with E-state index in [0.717, 1.165) is 12.0 Å². The first-order valence-electron chi connectivity index (χ1n) is 14.3. The predicted molar refractivity (Wildman–Crippen MR) is 173 cm³/mol. The maximum atomic E-state index is 12.9. The minimum atomic E-state index is -0.334. The van der Waals surface area contributed by atoms with E-state index < -0.39 is 0 Å². The van der Waals surface area contributed by atoms with Crippen LogP contribution in [0.25, 0.3) is 10.9 Å². The van der Waals surface area contributed by atoms with E-state index in [2.05, 4.69) is 27.8 Å². The summed E-state index contributed by atoms with van der Waals surface area (Å²) < 4.78 is 17.6. The number of nitrogens with one attached hydrogen (secondary N) is 2. The average Bonchev–Trinajstić information content (AvgIpc) is 3.55. The number of nitriles is 2. The Bertz CT molecular complexity index is 1820. The Hall–Kier alpha value is -5.13. The minimum absolute atomic E-state index is 0.156. The van der Waals surface area contributed by atoms with E-state index in [0.29, 0.717) is 75.4 Å². The number of likely N-dealkylation sites (N-methyl/N-ethyl adjacent to an activating group) is 1. The fourth-order valence-corrected chi connectivity index (χ4v) is 4.97. The number of nitrogens with zero attached hydrogens (tertiary/aromatic N) is 4. The first kappa shape index (κ1) is 31.3. The number of carbonyl (C=O) groups excluding carboxylic acids is 1. The van der Waals surface area contributed by atoms with Crippen molar-refractivity contribution < 1.29 is 19.0 Å². The lowest BCUT2D eigenvalue weighted by Gasteiger charge is -2.19. The molecule has 0 aliphatic carbocycles. The number of hydrogen-bond acceptors (Lipinski definition) is 9. The molecule has 0 radical (unpaired) electrons. The third-order valence-corrected chi connectivity index (χ3v) is 7.24. The number of anilines is 3. The molecule has 1 aromatic heterocycles. The molecule has 10 nitrogen and oxygen atoms in total. The summed E-state index contributed by atoms with van der Waals surface area (Å²) in [5.74, 6) is 0.592. The number of ether oxygens (including phenoxy) is 3. The molecule has 2 N–H and O–H groups in total. The van der Waals surface area contributed by atoms with Gasteiger partial charge in [-0.25, -0.2) is 0 Å². The summed E-state index contributed by atoms with van der Waals surface area (Å²) in [5, 5.41) is 26.3. The Morgan fingerprint density at radius 3 is 2.71 bits per heavy atom. The molecule has 3 aromatic carbocycles. The van der Waals surface area contributed by atoms with Crippen molar-refractivity contribution >= 4 is 45.5 Å². The second-order valence-corrected chi connectivity index (χ2v) is 11.0. The molecular formula is C34H31ClN6O4. The van der Waals surface area contributed by atoms with Crippen LogP contribution in [0.4, 0.5) is 17.1 Å². The van der Waals surface area contributed by atoms with Gasteiger partial charge in [0.15, 0.2) is 0 Å². The zero-order valence-corrected chi connectivity index (χ0v) is 25.6. The third-order valence-electron chi connectivity index (χ3n) is 6.94. The van der Waals surface area contributed by atoms with Crippen LogP contribution < -0.4 is 20.1 Å². The van der Waals surface area contributed by atoms with Gasteiger partial charge in [0.25, 0.3) is 0 Å². The maximum absolute atomic E-state index is 12.9. The molecule has 11 heteroatoms. The van der Waals surface area contributed by atoms with Crippen LogP contribution in [0.2, 0.25) is 5.02 Å². The highest BCUT2D eigenvalue weighted by Gasteiger charge is 2.22. The number of fused-ring (bicyclic) bond motifs is 1. The number of benzene rings is 3. The monoisotopic (exact) mass is 622 g/mol. The summed E-state index contributed by atoms with van der Waals surface area (Å²) in [5.41, 5.74) is 3.65. The lowest BCUT2D eigenvalue weighted by molar-refractivity contribution is -0.111. The van der Waals surface area contributed by atoms with Crippen LogP contribution in [0.15, 0.2) is 72.9 Å². The zero-order chi connectivity index (χ0) is 31.8. The number of pyridine rings is 1. The topological polar surface area (TPSA) is 133 Å². The van der Waals surface area contributed by atoms with Gasteiger partial charge >= 0.3 is 0 Å². The van der Waals surface area contributed by atoms with E-state index in [1.165, 1.54) is 12.3 Å². The lowest BCUT2D eigenvalue weighted by Crippen LogP contribution is -2.18. The third kappa shape index (κ3) is 7.88. The Balaban J connectivity index is 1.45. The van der Waals surface area contributed by atoms with E-state index >= 15 is 0 Å². The molecule has 0 saturated carbocycles. The SMILES string of the molecule is CN(C)C/C=C/C(=O)Nc1c(O[C@H]2CCOC2)ccc2c(Nc3ccc(OCc4cccc(C#N)c4)c(Cl)c3)c(C#N)cnc12. The van der Waals surface area contributed by atoms with Gasteiger partial charge in [-0.3, -0.25) is 9.78 Å². The molecule has 2 heterocycles. The molecule has 0 bridgehead atoms. The van der Waals surface area contributed by atoms with Crippen molar-refractivity contribution in [2.75, 3.05) is 44.5 Å². The van der Waals surface area contributed by atoms with Crippen LogP contribution >= 0.6 is 11.6 Å². The van der Waals surface area contributed by atoms with E-state index in [1.54, 1.807) is 48.5 Å². The molecule has 1 aliphatic heterocycles. The lowest BCUT2D eigenvalue weighted by atomic mass is 10.1. The predicted octanol–water partition coefficient (Wildman–Crippen LogP) is 6.18. The van der Waals surface area contributed by atoms with Crippen molar-refractivity contribution in [3.05, 3.63) is 94.7 Å². The molecule has 1 atom stereocenters. The standard InChI is InChI=1S/C34H31ClN6O4/c1-41(2)13-4-7-31(42)40-34-30(45-26-12-14-43-21-26)11-9-27-32(24(18-37)19-38-33(27)34)39-25-8-10-29(28(35)16-25)44-20-23-6-3-5-22(15-23)17-36/h3-11,15-16,19,26H,12-14,20-21H2,1-2H3,(H,38,39)(H,40,42)/b7-4+/t26-/m0/s1. The van der Waals surface area contributed by atoms with Crippen molar-refractivity contribution in [2.24, 2.45) is 0 Å². The molecule has 1 aliphatic rings. The van der Waals surface area contributed by atoms with Crippen molar-refractivity contribution in [3.63, 3.8) is 0 Å². The molecular weight excluding hydrogens is 592 g/mol. The molecule has 1 amide bonds. The second-order valence-electron chi connectivity index (χ2n) is 10.6. The molecule has 4 aromatic rings. The van der Waals surface area contributed by atoms with Crippen LogP contribution in [0.1, 0.15) is 23.1 Å². The molecule has 0 spiro atoms. The first-order chi connectivity index (χ1) is 21.8. The van der Waals surface area contributed by atoms with E-state index in [9.17, 15) is 10.1 Å². The Morgan fingerprint density at radius 2 is 1.98 bits per heavy atom. The van der Waals surface area contributed by atoms with Gasteiger partial charge in [-0.15, -0.1) is 0 Å². The zero-order valence-electron chi connectivity index (χ0n) is 24.8. The Morgan fingerprint density at radius 1 is 1.13 bits per heavy atom. The first-order valence-corrected chi connectivity index (χ1v) is 14.6. The van der Waals surface area contributed by atoms with E-state index in [1.807, 2.05) is 31.1 Å². The molecule has 1 fully saturated rings. The van der Waals surface area contributed by atoms with Gasteiger partial charge in [0.05, 0.1) is 46.6 Å². The van der Waals surface area contributed by atoms with Gasteiger partial charge in [-0.05, 0) is 62.1 Å². The Labute approximate surface area is 266 Å². The summed E-state index contributed by atoms with van der Waals surface area (Å²) in [6.45, 7) is 1.90. The van der Waals surface area contributed by atoms with Crippen LogP contribution in [-0.2, 0) is 16.1 Å². The molecule has 228 valence electrons. The largest absolute Gasteiger partial charge is 0.487 e. The quantitative estimate of drug-likeness (QED) is 0.188. The number of halogens is 1. The fraction of sp³-hybridized carbons (Fsp3) is 0.235. The van der Waals surface area contributed by atoms with Crippen molar-refractivity contribution in [2.45, 2.75) is 19.1 Å². The smallest absolute Gasteiger partial charge is 0.248 e. The van der Waals surface area contributed by atoms with Crippen LogP contribution in [0, 0.1) is 22.7 Å². The summed E-state index contributed by atoms with van der Waals surface area (Å²) in [6, 6.07) is 20.3. The van der Waals surface area contributed by atoms with E-state index in [4.69, 9.17) is 31.1 Å². The van der Waals surface area contributed by atoms with E-state index in [-0.39, 0.29) is 18.6 Å². The number of amides is 1. The Kier molecular flexibility index (Phi) is 10.1. The summed E-state index contributed by atoms with van der Waals surface area (Å²) in [6.07, 6.45) is 5.26. The number of hydrogen-bond donors (Lipinski definition) is 2.